The molecule has 0 unspecified atom stereocenters. The van der Waals surface area contributed by atoms with E-state index in [2.05, 4.69) is 9.97 Å². The van der Waals surface area contributed by atoms with Crippen molar-refractivity contribution in [3.63, 3.8) is 0 Å². The predicted octanol–water partition coefficient (Wildman–Crippen LogP) is 3.56. The molecule has 0 aliphatic heterocycles. The molecular weight excluding hydrogens is 358 g/mol. The maximum absolute atomic E-state index is 11.9. The molecule has 3 aromatic rings. The van der Waals surface area contributed by atoms with Gasteiger partial charge in [0.2, 0.25) is 0 Å². The van der Waals surface area contributed by atoms with Crippen molar-refractivity contribution in [1.82, 2.24) is 14.5 Å². The van der Waals surface area contributed by atoms with Crippen LogP contribution in [0.4, 0.5) is 0 Å². The maximum Gasteiger partial charge on any atom is 0.328 e. The van der Waals surface area contributed by atoms with Gasteiger partial charge in [-0.2, -0.15) is 0 Å². The van der Waals surface area contributed by atoms with Gasteiger partial charge < -0.3 is 0 Å². The molecular formula is C18H16ClN3O2S. The van der Waals surface area contributed by atoms with Gasteiger partial charge in [-0.1, -0.05) is 29.4 Å². The Morgan fingerprint density at radius 2 is 1.96 bits per heavy atom. The van der Waals surface area contributed by atoms with E-state index in [1.54, 1.807) is 32.3 Å². The third-order valence-corrected chi connectivity index (χ3v) is 5.37. The summed E-state index contributed by atoms with van der Waals surface area (Å²) in [6.07, 6.45) is 1.70. The van der Waals surface area contributed by atoms with Gasteiger partial charge in [0.15, 0.2) is 0 Å². The van der Waals surface area contributed by atoms with E-state index >= 15 is 0 Å². The predicted molar refractivity (Wildman–Crippen MR) is 101 cm³/mol. The number of nitrogens with zero attached hydrogens (tertiary/aromatic N) is 2. The quantitative estimate of drug-likeness (QED) is 0.762. The molecule has 0 saturated heterocycles. The lowest BCUT2D eigenvalue weighted by atomic mass is 10.0. The fraction of sp³-hybridized carbons (Fsp3) is 0.167. The number of halogens is 1. The first-order valence-corrected chi connectivity index (χ1v) is 8.77. The molecule has 0 saturated carbocycles. The van der Waals surface area contributed by atoms with Gasteiger partial charge in [0.1, 0.15) is 5.03 Å². The van der Waals surface area contributed by atoms with Crippen LogP contribution in [-0.2, 0) is 7.05 Å². The Bertz CT molecular complexity index is 1040. The Hall–Kier alpha value is -2.31. The van der Waals surface area contributed by atoms with E-state index in [1.165, 1.54) is 16.3 Å². The second-order valence-electron chi connectivity index (χ2n) is 5.66. The van der Waals surface area contributed by atoms with Crippen molar-refractivity contribution in [2.75, 3.05) is 0 Å². The number of nitrogens with one attached hydrogen (secondary N) is 1. The standard InChI is InChI=1S/C18H16ClN3O2S/c1-10-9-12(25-17-14(19)5-4-8-20-17)6-7-13(10)15-11(2)16(23)21-18(24)22(15)3/h4-9H,1-3H3,(H,21,23,24). The molecule has 25 heavy (non-hydrogen) atoms. The number of aromatic amines is 1. The van der Waals surface area contributed by atoms with Gasteiger partial charge in [-0.15, -0.1) is 0 Å². The van der Waals surface area contributed by atoms with Crippen molar-refractivity contribution in [3.8, 4) is 11.3 Å². The molecule has 1 aromatic carbocycles. The molecule has 0 amide bonds. The molecule has 1 N–H and O–H groups in total. The highest BCUT2D eigenvalue weighted by Gasteiger charge is 2.14. The van der Waals surface area contributed by atoms with Crippen LogP contribution in [0.2, 0.25) is 5.02 Å². The fourth-order valence-electron chi connectivity index (χ4n) is 2.64. The monoisotopic (exact) mass is 373 g/mol. The number of pyridine rings is 1. The lowest BCUT2D eigenvalue weighted by Gasteiger charge is -2.14. The molecule has 0 fully saturated rings. The van der Waals surface area contributed by atoms with Crippen LogP contribution in [0.15, 0.2) is 56.0 Å². The Morgan fingerprint density at radius 1 is 1.20 bits per heavy atom. The van der Waals surface area contributed by atoms with Crippen LogP contribution < -0.4 is 11.2 Å². The zero-order valence-electron chi connectivity index (χ0n) is 14.0. The summed E-state index contributed by atoms with van der Waals surface area (Å²) in [5, 5.41) is 1.33. The van der Waals surface area contributed by atoms with E-state index in [1.807, 2.05) is 25.1 Å². The van der Waals surface area contributed by atoms with Crippen molar-refractivity contribution in [3.05, 3.63) is 73.5 Å². The zero-order chi connectivity index (χ0) is 18.1. The van der Waals surface area contributed by atoms with Crippen LogP contribution in [0.1, 0.15) is 11.1 Å². The number of aryl methyl sites for hydroxylation is 1. The van der Waals surface area contributed by atoms with Crippen LogP contribution in [0, 0.1) is 13.8 Å². The summed E-state index contributed by atoms with van der Waals surface area (Å²) in [5.74, 6) is 0. The first-order chi connectivity index (χ1) is 11.9. The van der Waals surface area contributed by atoms with E-state index in [0.29, 0.717) is 16.3 Å². The zero-order valence-corrected chi connectivity index (χ0v) is 15.5. The van der Waals surface area contributed by atoms with Crippen molar-refractivity contribution in [2.24, 2.45) is 7.05 Å². The summed E-state index contributed by atoms with van der Waals surface area (Å²) in [6, 6.07) is 9.43. The van der Waals surface area contributed by atoms with Gasteiger partial charge >= 0.3 is 5.69 Å². The van der Waals surface area contributed by atoms with Crippen LogP contribution >= 0.6 is 23.4 Å². The van der Waals surface area contributed by atoms with Crippen LogP contribution in [0.3, 0.4) is 0 Å². The SMILES string of the molecule is Cc1cc(Sc2ncccc2Cl)ccc1-c1c(C)c(=O)[nH]c(=O)n1C. The molecule has 0 atom stereocenters. The number of rotatable bonds is 3. The smallest absolute Gasteiger partial charge is 0.296 e. The Labute approximate surface area is 153 Å². The molecule has 0 radical (unpaired) electrons. The maximum atomic E-state index is 11.9. The topological polar surface area (TPSA) is 67.8 Å². The Morgan fingerprint density at radius 3 is 2.64 bits per heavy atom. The van der Waals surface area contributed by atoms with Gasteiger partial charge in [0, 0.05) is 29.3 Å². The normalized spacial score (nSPS) is 10.9. The lowest BCUT2D eigenvalue weighted by molar-refractivity contribution is 0.798. The van der Waals surface area contributed by atoms with E-state index in [9.17, 15) is 9.59 Å². The van der Waals surface area contributed by atoms with Gasteiger partial charge in [-0.25, -0.2) is 9.78 Å². The molecule has 128 valence electrons. The van der Waals surface area contributed by atoms with E-state index in [0.717, 1.165) is 21.0 Å². The second-order valence-corrected chi connectivity index (χ2v) is 7.13. The van der Waals surface area contributed by atoms with E-state index in [-0.39, 0.29) is 5.56 Å². The minimum atomic E-state index is -0.427. The molecule has 0 aliphatic rings. The van der Waals surface area contributed by atoms with Crippen LogP contribution in [0.25, 0.3) is 11.3 Å². The van der Waals surface area contributed by atoms with Gasteiger partial charge in [0.05, 0.1) is 10.7 Å². The van der Waals surface area contributed by atoms with Crippen LogP contribution in [-0.4, -0.2) is 14.5 Å². The fourth-order valence-corrected chi connectivity index (χ4v) is 3.75. The summed E-state index contributed by atoms with van der Waals surface area (Å²) in [4.78, 5) is 31.4. The van der Waals surface area contributed by atoms with Crippen LogP contribution in [0.5, 0.6) is 0 Å². The first-order valence-electron chi connectivity index (χ1n) is 7.58. The van der Waals surface area contributed by atoms with E-state index in [4.69, 9.17) is 11.6 Å². The van der Waals surface area contributed by atoms with Gasteiger partial charge in [-0.05, 0) is 43.7 Å². The molecule has 0 spiro atoms. The Kier molecular flexibility index (Phi) is 4.83. The number of H-pyrrole nitrogens is 1. The van der Waals surface area contributed by atoms with Crippen molar-refractivity contribution in [1.29, 1.82) is 0 Å². The molecule has 0 aliphatic carbocycles. The summed E-state index contributed by atoms with van der Waals surface area (Å²) < 4.78 is 1.46. The molecule has 3 rings (SSSR count). The number of hydrogen-bond acceptors (Lipinski definition) is 4. The second kappa shape index (κ2) is 6.90. The van der Waals surface area contributed by atoms with Crippen molar-refractivity contribution >= 4 is 23.4 Å². The number of benzene rings is 1. The first kappa shape index (κ1) is 17.5. The van der Waals surface area contributed by atoms with Crippen molar-refractivity contribution in [2.45, 2.75) is 23.8 Å². The highest BCUT2D eigenvalue weighted by molar-refractivity contribution is 7.99. The molecule has 7 heteroatoms. The molecule has 5 nitrogen and oxygen atoms in total. The summed E-state index contributed by atoms with van der Waals surface area (Å²) in [6.45, 7) is 3.66. The average molecular weight is 374 g/mol. The minimum absolute atomic E-state index is 0.365. The highest BCUT2D eigenvalue weighted by atomic mass is 35.5. The summed E-state index contributed by atoms with van der Waals surface area (Å²) in [7, 11) is 1.65. The third kappa shape index (κ3) is 3.41. The number of aromatic nitrogens is 3. The van der Waals surface area contributed by atoms with E-state index < -0.39 is 5.69 Å². The largest absolute Gasteiger partial charge is 0.328 e. The minimum Gasteiger partial charge on any atom is -0.296 e. The van der Waals surface area contributed by atoms with Gasteiger partial charge in [-0.3, -0.25) is 14.3 Å². The molecule has 2 heterocycles. The molecule has 2 aromatic heterocycles. The Balaban J connectivity index is 2.06. The third-order valence-electron chi connectivity index (χ3n) is 3.95. The van der Waals surface area contributed by atoms with Crippen molar-refractivity contribution < 1.29 is 0 Å². The highest BCUT2D eigenvalue weighted by Crippen LogP contribution is 2.34. The average Bonchev–Trinajstić information content (AvgIpc) is 2.57. The summed E-state index contributed by atoms with van der Waals surface area (Å²) >= 11 is 7.63. The molecule has 0 bridgehead atoms. The van der Waals surface area contributed by atoms with Gasteiger partial charge in [0.25, 0.3) is 5.56 Å². The lowest BCUT2D eigenvalue weighted by Crippen LogP contribution is -2.31. The number of hydrogen-bond donors (Lipinski definition) is 1. The summed E-state index contributed by atoms with van der Waals surface area (Å²) in [5.41, 5.74) is 2.15.